The first kappa shape index (κ1) is 29.4. The molecule has 39 heavy (non-hydrogen) atoms. The largest absolute Gasteiger partial charge is 0.462 e. The summed E-state index contributed by atoms with van der Waals surface area (Å²) in [5.41, 5.74) is -0.428. The molecule has 4 saturated carbocycles. The monoisotopic (exact) mass is 546 g/mol. The van der Waals surface area contributed by atoms with E-state index in [0.29, 0.717) is 41.9 Å². The van der Waals surface area contributed by atoms with Crippen LogP contribution in [0.4, 0.5) is 0 Å². The highest BCUT2D eigenvalue weighted by molar-refractivity contribution is 5.76. The zero-order chi connectivity index (χ0) is 28.3. The molecule has 5 fully saturated rings. The predicted octanol–water partition coefficient (Wildman–Crippen LogP) is 6.06. The van der Waals surface area contributed by atoms with E-state index in [2.05, 4.69) is 27.7 Å². The van der Waals surface area contributed by atoms with Gasteiger partial charge in [-0.3, -0.25) is 9.59 Å². The van der Waals surface area contributed by atoms with Crippen LogP contribution in [0.5, 0.6) is 0 Å². The maximum absolute atomic E-state index is 13.6. The highest BCUT2D eigenvalue weighted by atomic mass is 16.6. The molecule has 2 N–H and O–H groups in total. The lowest BCUT2D eigenvalue weighted by Crippen LogP contribution is -2.60. The van der Waals surface area contributed by atoms with Crippen LogP contribution in [0.25, 0.3) is 0 Å². The van der Waals surface area contributed by atoms with Crippen molar-refractivity contribution in [2.75, 3.05) is 0 Å². The van der Waals surface area contributed by atoms with Crippen LogP contribution < -0.4 is 0 Å². The lowest BCUT2D eigenvalue weighted by molar-refractivity contribution is -0.204. The molecular formula is C33H54O6. The number of aliphatic hydroxyl groups is 2. The van der Waals surface area contributed by atoms with E-state index < -0.39 is 11.5 Å². The van der Waals surface area contributed by atoms with Crippen molar-refractivity contribution in [1.82, 2.24) is 0 Å². The third-order valence-corrected chi connectivity index (χ3v) is 13.0. The first-order valence-electron chi connectivity index (χ1n) is 16.1. The summed E-state index contributed by atoms with van der Waals surface area (Å²) in [6.45, 7) is 13.2. The van der Waals surface area contributed by atoms with Crippen molar-refractivity contribution < 1.29 is 29.3 Å². The van der Waals surface area contributed by atoms with Gasteiger partial charge in [0, 0.05) is 11.8 Å². The fourth-order valence-electron chi connectivity index (χ4n) is 10.3. The Labute approximate surface area is 236 Å². The van der Waals surface area contributed by atoms with Crippen LogP contribution in [0.2, 0.25) is 0 Å². The first-order valence-corrected chi connectivity index (χ1v) is 16.1. The maximum atomic E-state index is 13.6. The van der Waals surface area contributed by atoms with Crippen LogP contribution in [-0.2, 0) is 19.1 Å². The van der Waals surface area contributed by atoms with Gasteiger partial charge in [-0.05, 0) is 119 Å². The fraction of sp³-hybridized carbons (Fsp3) is 0.939. The summed E-state index contributed by atoms with van der Waals surface area (Å²) >= 11 is 0. The molecule has 0 aromatic heterocycles. The third-order valence-electron chi connectivity index (χ3n) is 13.0. The number of hydrogen-bond acceptors (Lipinski definition) is 6. The Morgan fingerprint density at radius 1 is 1.05 bits per heavy atom. The Morgan fingerprint density at radius 3 is 2.49 bits per heavy atom. The van der Waals surface area contributed by atoms with E-state index >= 15 is 0 Å². The molecule has 6 heteroatoms. The van der Waals surface area contributed by atoms with Gasteiger partial charge in [0.25, 0.3) is 0 Å². The van der Waals surface area contributed by atoms with Crippen molar-refractivity contribution in [1.29, 1.82) is 0 Å². The van der Waals surface area contributed by atoms with E-state index in [-0.39, 0.29) is 47.5 Å². The molecule has 0 aromatic carbocycles. The molecule has 1 heterocycles. The molecule has 1 aliphatic heterocycles. The van der Waals surface area contributed by atoms with Gasteiger partial charge < -0.3 is 19.7 Å². The first-order chi connectivity index (χ1) is 18.3. The van der Waals surface area contributed by atoms with Gasteiger partial charge in [-0.15, -0.1) is 0 Å². The number of hydrogen-bond donors (Lipinski definition) is 2. The van der Waals surface area contributed by atoms with Gasteiger partial charge in [0.05, 0.1) is 24.0 Å². The maximum Gasteiger partial charge on any atom is 0.311 e. The van der Waals surface area contributed by atoms with E-state index in [1.54, 1.807) is 0 Å². The molecule has 5 aliphatic rings. The molecular weight excluding hydrogens is 492 g/mol. The smallest absolute Gasteiger partial charge is 0.311 e. The average Bonchev–Trinajstić information content (AvgIpc) is 3.22. The molecule has 1 saturated heterocycles. The van der Waals surface area contributed by atoms with Crippen LogP contribution in [0.1, 0.15) is 119 Å². The summed E-state index contributed by atoms with van der Waals surface area (Å²) in [4.78, 5) is 25.6. The molecule has 0 bridgehead atoms. The van der Waals surface area contributed by atoms with Crippen LogP contribution in [0, 0.1) is 51.8 Å². The molecule has 0 amide bonds. The minimum Gasteiger partial charge on any atom is -0.462 e. The second-order valence-electron chi connectivity index (χ2n) is 15.4. The molecule has 0 spiro atoms. The second-order valence-corrected chi connectivity index (χ2v) is 15.4. The topological polar surface area (TPSA) is 93.1 Å². The minimum absolute atomic E-state index is 0.0763. The van der Waals surface area contributed by atoms with E-state index in [0.717, 1.165) is 51.4 Å². The van der Waals surface area contributed by atoms with Gasteiger partial charge in [-0.2, -0.15) is 0 Å². The van der Waals surface area contributed by atoms with Crippen molar-refractivity contribution in [2.45, 2.75) is 143 Å². The van der Waals surface area contributed by atoms with Crippen LogP contribution in [0.15, 0.2) is 0 Å². The van der Waals surface area contributed by atoms with Crippen molar-refractivity contribution in [3.63, 3.8) is 0 Å². The summed E-state index contributed by atoms with van der Waals surface area (Å²) < 4.78 is 12.3. The second kappa shape index (κ2) is 10.6. The van der Waals surface area contributed by atoms with Crippen LogP contribution >= 0.6 is 0 Å². The van der Waals surface area contributed by atoms with Gasteiger partial charge in [0.1, 0.15) is 12.2 Å². The number of cyclic esters (lactones) is 1. The summed E-state index contributed by atoms with van der Waals surface area (Å²) in [7, 11) is 0. The van der Waals surface area contributed by atoms with E-state index in [1.165, 1.54) is 12.8 Å². The molecule has 4 aliphatic carbocycles. The number of carbonyl (C=O) groups is 2. The normalized spacial score (nSPS) is 46.9. The zero-order valence-corrected chi connectivity index (χ0v) is 25.3. The Balaban J connectivity index is 1.44. The van der Waals surface area contributed by atoms with Crippen molar-refractivity contribution >= 4 is 11.9 Å². The minimum atomic E-state index is -0.610. The molecule has 0 unspecified atom stereocenters. The molecule has 222 valence electrons. The van der Waals surface area contributed by atoms with Crippen molar-refractivity contribution in [3.8, 4) is 0 Å². The van der Waals surface area contributed by atoms with Crippen molar-refractivity contribution in [2.24, 2.45) is 51.8 Å². The summed E-state index contributed by atoms with van der Waals surface area (Å²) in [6.07, 6.45) is 9.45. The number of rotatable bonds is 6. The Bertz CT molecular complexity index is 931. The Morgan fingerprint density at radius 2 is 1.79 bits per heavy atom. The fourth-order valence-corrected chi connectivity index (χ4v) is 10.3. The number of ether oxygens (including phenoxy) is 2. The number of fused-ring (bicyclic) bond motifs is 5. The quantitative estimate of drug-likeness (QED) is 0.394. The Kier molecular flexibility index (Phi) is 7.98. The summed E-state index contributed by atoms with van der Waals surface area (Å²) in [5, 5.41) is 20.7. The highest BCUT2D eigenvalue weighted by Gasteiger charge is 2.65. The average molecular weight is 547 g/mol. The van der Waals surface area contributed by atoms with E-state index in [9.17, 15) is 19.8 Å². The van der Waals surface area contributed by atoms with Gasteiger partial charge in [-0.1, -0.05) is 27.7 Å². The zero-order valence-electron chi connectivity index (χ0n) is 25.3. The highest BCUT2D eigenvalue weighted by Crippen LogP contribution is 2.69. The van der Waals surface area contributed by atoms with E-state index in [4.69, 9.17) is 9.47 Å². The molecule has 5 rings (SSSR count). The summed E-state index contributed by atoms with van der Waals surface area (Å²) in [6, 6.07) is 0. The molecule has 6 nitrogen and oxygen atoms in total. The van der Waals surface area contributed by atoms with Crippen LogP contribution in [-0.4, -0.2) is 46.6 Å². The lowest BCUT2D eigenvalue weighted by atomic mass is 9.43. The SMILES string of the molecule is CCC(C)(C)C(=O)O[C@H]1C[C@H]2[C@@H](CC[C@@H]3C[C@H](O)CC[C@@]32C)[C@@H]2CC[C@H]([C@H](C)C[C@@H]3C[C@@H](O)CC(=O)O3)[C@@]12C. The number of aliphatic hydroxyl groups excluding tert-OH is 2. The Hall–Kier alpha value is -1.14. The molecule has 0 radical (unpaired) electrons. The molecule has 12 atom stereocenters. The third kappa shape index (κ3) is 5.08. The lowest BCUT2D eigenvalue weighted by Gasteiger charge is -2.63. The van der Waals surface area contributed by atoms with Crippen LogP contribution in [0.3, 0.4) is 0 Å². The van der Waals surface area contributed by atoms with Gasteiger partial charge in [-0.25, -0.2) is 0 Å². The number of carbonyl (C=O) groups excluding carboxylic acids is 2. The van der Waals surface area contributed by atoms with Crippen molar-refractivity contribution in [3.05, 3.63) is 0 Å². The van der Waals surface area contributed by atoms with Gasteiger partial charge in [0.2, 0.25) is 0 Å². The summed E-state index contributed by atoms with van der Waals surface area (Å²) in [5.74, 6) is 2.53. The van der Waals surface area contributed by atoms with Gasteiger partial charge in [0.15, 0.2) is 0 Å². The number of esters is 2. The standard InChI is InChI=1S/C33H54O6/c1-7-31(3,4)30(37)39-28-18-27-24(9-8-20-15-21(34)12-13-32(20,27)5)26-11-10-25(33(26,28)6)19(2)14-23-16-22(35)17-29(36)38-23/h19-28,34-35H,7-18H2,1-6H3/t19-,20-,21-,22-,23-,24+,25-,26+,27+,28+,32+,33-/m1/s1. The van der Waals surface area contributed by atoms with E-state index in [1.807, 2.05) is 13.8 Å². The predicted molar refractivity (Wildman–Crippen MR) is 149 cm³/mol. The molecule has 0 aromatic rings. The van der Waals surface area contributed by atoms with Gasteiger partial charge >= 0.3 is 11.9 Å².